The first kappa shape index (κ1) is 13.0. The second-order valence-corrected chi connectivity index (χ2v) is 6.33. The number of nitrogens with two attached hydrogens (primary N) is 1. The van der Waals surface area contributed by atoms with Gasteiger partial charge in [0.2, 0.25) is 0 Å². The quantitative estimate of drug-likeness (QED) is 0.870. The molecule has 0 heterocycles. The van der Waals surface area contributed by atoms with Gasteiger partial charge in [-0.05, 0) is 61.1 Å². The van der Waals surface area contributed by atoms with Crippen molar-refractivity contribution in [3.63, 3.8) is 0 Å². The summed E-state index contributed by atoms with van der Waals surface area (Å²) in [6.07, 6.45) is 6.72. The molecule has 2 N–H and O–H groups in total. The number of hydrogen-bond acceptors (Lipinski definition) is 2. The van der Waals surface area contributed by atoms with E-state index < -0.39 is 0 Å². The minimum atomic E-state index is 0.152. The van der Waals surface area contributed by atoms with E-state index in [0.717, 1.165) is 36.5 Å². The maximum Gasteiger partial charge on any atom is 0.119 e. The zero-order valence-electron chi connectivity index (χ0n) is 11.8. The van der Waals surface area contributed by atoms with Crippen LogP contribution in [-0.4, -0.2) is 6.61 Å². The molecule has 0 radical (unpaired) electrons. The van der Waals surface area contributed by atoms with Gasteiger partial charge < -0.3 is 10.5 Å². The predicted molar refractivity (Wildman–Crippen MR) is 78.1 cm³/mol. The fourth-order valence-electron chi connectivity index (χ4n) is 3.83. The highest BCUT2D eigenvalue weighted by molar-refractivity contribution is 5.29. The molecule has 2 nitrogen and oxygen atoms in total. The van der Waals surface area contributed by atoms with Crippen molar-refractivity contribution < 1.29 is 4.74 Å². The van der Waals surface area contributed by atoms with Gasteiger partial charge in [0.1, 0.15) is 5.75 Å². The molecule has 1 aromatic carbocycles. The Labute approximate surface area is 116 Å². The average molecular weight is 259 g/mol. The Balaban J connectivity index is 1.53. The van der Waals surface area contributed by atoms with Crippen LogP contribution in [0.4, 0.5) is 0 Å². The van der Waals surface area contributed by atoms with Gasteiger partial charge in [-0.2, -0.15) is 0 Å². The highest BCUT2D eigenvalue weighted by Gasteiger charge is 2.39. The maximum absolute atomic E-state index is 6.02. The molecule has 1 aromatic rings. The molecule has 2 saturated carbocycles. The lowest BCUT2D eigenvalue weighted by atomic mass is 9.89. The van der Waals surface area contributed by atoms with Gasteiger partial charge in [0.25, 0.3) is 0 Å². The Hall–Kier alpha value is -1.02. The number of hydrogen-bond donors (Lipinski definition) is 1. The minimum Gasteiger partial charge on any atom is -0.493 e. The summed E-state index contributed by atoms with van der Waals surface area (Å²) in [5.74, 6) is 3.74. The first-order chi connectivity index (χ1) is 9.26. The molecule has 3 unspecified atom stereocenters. The smallest absolute Gasteiger partial charge is 0.119 e. The van der Waals surface area contributed by atoms with Crippen molar-refractivity contribution in [1.29, 1.82) is 0 Å². The van der Waals surface area contributed by atoms with Crippen molar-refractivity contribution in [1.82, 2.24) is 0 Å². The monoisotopic (exact) mass is 259 g/mol. The van der Waals surface area contributed by atoms with E-state index in [1.54, 1.807) is 0 Å². The van der Waals surface area contributed by atoms with E-state index in [1.165, 1.54) is 31.2 Å². The molecule has 2 bridgehead atoms. The van der Waals surface area contributed by atoms with Crippen LogP contribution in [-0.2, 0) is 0 Å². The van der Waals surface area contributed by atoms with Crippen molar-refractivity contribution in [3.05, 3.63) is 29.8 Å². The Morgan fingerprint density at radius 1 is 1.21 bits per heavy atom. The second-order valence-electron chi connectivity index (χ2n) is 6.33. The minimum absolute atomic E-state index is 0.152. The SMILES string of the molecule is CC[C@H](N)c1ccc(OCC2CC3CCC2C3)cc1. The molecule has 0 aliphatic heterocycles. The van der Waals surface area contributed by atoms with Crippen molar-refractivity contribution >= 4 is 0 Å². The van der Waals surface area contributed by atoms with Crippen LogP contribution in [0, 0.1) is 17.8 Å². The summed E-state index contributed by atoms with van der Waals surface area (Å²) in [5.41, 5.74) is 7.22. The van der Waals surface area contributed by atoms with Crippen LogP contribution in [0.3, 0.4) is 0 Å². The van der Waals surface area contributed by atoms with Crippen molar-refractivity contribution in [2.75, 3.05) is 6.61 Å². The molecule has 104 valence electrons. The third-order valence-electron chi connectivity index (χ3n) is 5.10. The Morgan fingerprint density at radius 2 is 2.00 bits per heavy atom. The maximum atomic E-state index is 6.02. The molecule has 0 amide bonds. The lowest BCUT2D eigenvalue weighted by Crippen LogP contribution is -2.18. The fraction of sp³-hybridized carbons (Fsp3) is 0.647. The average Bonchev–Trinajstić information content (AvgIpc) is 3.07. The zero-order valence-corrected chi connectivity index (χ0v) is 11.8. The van der Waals surface area contributed by atoms with Gasteiger partial charge in [0, 0.05) is 6.04 Å². The lowest BCUT2D eigenvalue weighted by Gasteiger charge is -2.21. The molecule has 19 heavy (non-hydrogen) atoms. The van der Waals surface area contributed by atoms with Gasteiger partial charge >= 0.3 is 0 Å². The molecule has 0 spiro atoms. The third kappa shape index (κ3) is 2.79. The van der Waals surface area contributed by atoms with E-state index in [-0.39, 0.29) is 6.04 Å². The number of fused-ring (bicyclic) bond motifs is 2. The van der Waals surface area contributed by atoms with Crippen LogP contribution >= 0.6 is 0 Å². The summed E-state index contributed by atoms with van der Waals surface area (Å²) >= 11 is 0. The predicted octanol–water partition coefficient (Wildman–Crippen LogP) is 3.91. The lowest BCUT2D eigenvalue weighted by molar-refractivity contribution is 0.195. The molecule has 0 aromatic heterocycles. The van der Waals surface area contributed by atoms with Crippen molar-refractivity contribution in [2.24, 2.45) is 23.5 Å². The largest absolute Gasteiger partial charge is 0.493 e. The number of benzene rings is 1. The van der Waals surface area contributed by atoms with Crippen molar-refractivity contribution in [2.45, 2.75) is 45.1 Å². The van der Waals surface area contributed by atoms with E-state index >= 15 is 0 Å². The third-order valence-corrected chi connectivity index (χ3v) is 5.10. The summed E-state index contributed by atoms with van der Waals surface area (Å²) in [4.78, 5) is 0. The summed E-state index contributed by atoms with van der Waals surface area (Å²) in [6, 6.07) is 8.49. The zero-order chi connectivity index (χ0) is 13.2. The molecule has 3 rings (SSSR count). The molecular formula is C17H25NO. The number of rotatable bonds is 5. The first-order valence-electron chi connectivity index (χ1n) is 7.74. The molecular weight excluding hydrogens is 234 g/mol. The van der Waals surface area contributed by atoms with Crippen LogP contribution in [0.5, 0.6) is 5.75 Å². The van der Waals surface area contributed by atoms with Crippen LogP contribution in [0.15, 0.2) is 24.3 Å². The van der Waals surface area contributed by atoms with Crippen LogP contribution in [0.1, 0.15) is 50.6 Å². The Kier molecular flexibility index (Phi) is 3.79. The summed E-state index contributed by atoms with van der Waals surface area (Å²) < 4.78 is 5.97. The molecule has 2 heteroatoms. The summed E-state index contributed by atoms with van der Waals surface area (Å²) in [7, 11) is 0. The molecule has 2 aliphatic rings. The molecule has 2 fully saturated rings. The van der Waals surface area contributed by atoms with E-state index in [1.807, 2.05) is 0 Å². The van der Waals surface area contributed by atoms with E-state index in [2.05, 4.69) is 31.2 Å². The van der Waals surface area contributed by atoms with Gasteiger partial charge in [-0.15, -0.1) is 0 Å². The first-order valence-corrected chi connectivity index (χ1v) is 7.74. The van der Waals surface area contributed by atoms with Gasteiger partial charge in [-0.1, -0.05) is 25.5 Å². The molecule has 2 aliphatic carbocycles. The molecule has 4 atom stereocenters. The van der Waals surface area contributed by atoms with Crippen LogP contribution < -0.4 is 10.5 Å². The van der Waals surface area contributed by atoms with E-state index in [4.69, 9.17) is 10.5 Å². The highest BCUT2D eigenvalue weighted by atomic mass is 16.5. The fourth-order valence-corrected chi connectivity index (χ4v) is 3.83. The van der Waals surface area contributed by atoms with Crippen LogP contribution in [0.2, 0.25) is 0 Å². The van der Waals surface area contributed by atoms with Gasteiger partial charge in [-0.25, -0.2) is 0 Å². The summed E-state index contributed by atoms with van der Waals surface area (Å²) in [6.45, 7) is 3.02. The normalized spacial score (nSPS) is 30.5. The van der Waals surface area contributed by atoms with Crippen LogP contribution in [0.25, 0.3) is 0 Å². The standard InChI is InChI=1S/C17H25NO/c1-2-17(18)13-5-7-16(8-6-13)19-11-15-10-12-3-4-14(15)9-12/h5-8,12,14-15,17H,2-4,9-11,18H2,1H3/t12?,14?,15?,17-/m0/s1. The van der Waals surface area contributed by atoms with Gasteiger partial charge in [0.05, 0.1) is 6.61 Å². The highest BCUT2D eigenvalue weighted by Crippen LogP contribution is 2.48. The topological polar surface area (TPSA) is 35.2 Å². The number of ether oxygens (including phenoxy) is 1. The second kappa shape index (κ2) is 5.54. The van der Waals surface area contributed by atoms with E-state index in [9.17, 15) is 0 Å². The molecule has 0 saturated heterocycles. The Bertz CT molecular complexity index is 414. The van der Waals surface area contributed by atoms with Crippen molar-refractivity contribution in [3.8, 4) is 5.75 Å². The van der Waals surface area contributed by atoms with Gasteiger partial charge in [0.15, 0.2) is 0 Å². The Morgan fingerprint density at radius 3 is 2.58 bits per heavy atom. The van der Waals surface area contributed by atoms with E-state index in [0.29, 0.717) is 0 Å². The van der Waals surface area contributed by atoms with Gasteiger partial charge in [-0.3, -0.25) is 0 Å². The summed E-state index contributed by atoms with van der Waals surface area (Å²) in [5, 5.41) is 0.